The third-order valence-corrected chi connectivity index (χ3v) is 4.68. The second kappa shape index (κ2) is 5.87. The number of fused-ring (bicyclic) bond motifs is 3. The topological polar surface area (TPSA) is 87.3 Å². The number of amides is 2. The molecule has 2 heterocycles. The molecule has 1 saturated heterocycles. The summed E-state index contributed by atoms with van der Waals surface area (Å²) in [5, 5.41) is 9.34. The van der Waals surface area contributed by atoms with Gasteiger partial charge in [-0.05, 0) is 42.5 Å². The van der Waals surface area contributed by atoms with Crippen LogP contribution in [0.25, 0.3) is 11.3 Å². The first-order chi connectivity index (χ1) is 12.1. The Hall–Kier alpha value is -2.90. The average molecular weight is 344 g/mol. The van der Waals surface area contributed by atoms with Gasteiger partial charge in [0, 0.05) is 12.6 Å². The van der Waals surface area contributed by atoms with Crippen LogP contribution in [-0.2, 0) is 22.4 Å². The van der Waals surface area contributed by atoms with Crippen molar-refractivity contribution in [2.24, 2.45) is 0 Å². The number of aromatic nitrogens is 2. The van der Waals surface area contributed by atoms with Gasteiger partial charge in [-0.1, -0.05) is 0 Å². The van der Waals surface area contributed by atoms with E-state index in [0.29, 0.717) is 23.4 Å². The van der Waals surface area contributed by atoms with Gasteiger partial charge in [0.1, 0.15) is 5.82 Å². The van der Waals surface area contributed by atoms with Gasteiger partial charge in [-0.25, -0.2) is 9.18 Å². The van der Waals surface area contributed by atoms with Crippen LogP contribution in [0.3, 0.4) is 0 Å². The number of benzene rings is 1. The maximum absolute atomic E-state index is 14.9. The molecule has 2 aromatic rings. The van der Waals surface area contributed by atoms with Crippen LogP contribution in [0.2, 0.25) is 0 Å². The van der Waals surface area contributed by atoms with E-state index in [-0.39, 0.29) is 12.5 Å². The predicted molar refractivity (Wildman–Crippen MR) is 87.7 cm³/mol. The Labute approximate surface area is 143 Å². The molecule has 2 aliphatic rings. The van der Waals surface area contributed by atoms with Crippen molar-refractivity contribution >= 4 is 17.7 Å². The predicted octanol–water partition coefficient (Wildman–Crippen LogP) is 1.78. The molecule has 1 aliphatic carbocycles. The lowest BCUT2D eigenvalue weighted by atomic mass is 10.0. The molecule has 1 fully saturated rings. The zero-order valence-electron chi connectivity index (χ0n) is 13.6. The van der Waals surface area contributed by atoms with Crippen LogP contribution in [0.1, 0.15) is 17.5 Å². The number of nitrogens with zero attached hydrogens (tertiary/aromatic N) is 2. The van der Waals surface area contributed by atoms with E-state index in [4.69, 9.17) is 4.74 Å². The Bertz CT molecular complexity index is 864. The van der Waals surface area contributed by atoms with Crippen LogP contribution in [0, 0.1) is 5.82 Å². The lowest BCUT2D eigenvalue weighted by molar-refractivity contribution is -0.127. The quantitative estimate of drug-likeness (QED) is 0.869. The summed E-state index contributed by atoms with van der Waals surface area (Å²) in [4.78, 5) is 25.1. The van der Waals surface area contributed by atoms with Crippen LogP contribution >= 0.6 is 0 Å². The standard InChI is InChI=1S/C17H17FN4O3/c1-19-16(23)13-8-22(17(24)25-13)11-5-9-3-2-4-10-7-20-21-15(10)14(9)12(18)6-11/h5-7,13H,2-4,8H2,1H3,(H,19,23)(H,20,21)/t13-/m1/s1. The minimum absolute atomic E-state index is 0.0615. The number of cyclic esters (lactones) is 1. The van der Waals surface area contributed by atoms with Gasteiger partial charge in [-0.3, -0.25) is 14.8 Å². The number of anilines is 1. The van der Waals surface area contributed by atoms with Crippen molar-refractivity contribution in [1.29, 1.82) is 0 Å². The third kappa shape index (κ3) is 2.54. The zero-order valence-corrected chi connectivity index (χ0v) is 13.6. The van der Waals surface area contributed by atoms with Crippen molar-refractivity contribution in [3.8, 4) is 11.3 Å². The maximum Gasteiger partial charge on any atom is 0.415 e. The van der Waals surface area contributed by atoms with Crippen molar-refractivity contribution in [3.05, 3.63) is 35.3 Å². The number of hydrogen-bond donors (Lipinski definition) is 2. The number of H-pyrrole nitrogens is 1. The minimum atomic E-state index is -0.890. The molecule has 2 amide bonds. The minimum Gasteiger partial charge on any atom is -0.434 e. The van der Waals surface area contributed by atoms with Gasteiger partial charge in [-0.15, -0.1) is 0 Å². The summed E-state index contributed by atoms with van der Waals surface area (Å²) in [7, 11) is 1.48. The van der Waals surface area contributed by atoms with E-state index >= 15 is 0 Å². The lowest BCUT2D eigenvalue weighted by Crippen LogP contribution is -2.35. The molecule has 2 N–H and O–H groups in total. The summed E-state index contributed by atoms with van der Waals surface area (Å²) >= 11 is 0. The average Bonchev–Trinajstić information content (AvgIpc) is 3.16. The molecule has 1 aromatic heterocycles. The van der Waals surface area contributed by atoms with Crippen LogP contribution in [0.5, 0.6) is 0 Å². The van der Waals surface area contributed by atoms with Gasteiger partial charge in [0.25, 0.3) is 5.91 Å². The number of carbonyl (C=O) groups excluding carboxylic acids is 2. The van der Waals surface area contributed by atoms with Crippen molar-refractivity contribution in [1.82, 2.24) is 15.5 Å². The second-order valence-electron chi connectivity index (χ2n) is 6.18. The maximum atomic E-state index is 14.9. The van der Waals surface area contributed by atoms with E-state index in [1.807, 2.05) is 0 Å². The molecule has 1 aliphatic heterocycles. The number of aryl methyl sites for hydroxylation is 2. The van der Waals surface area contributed by atoms with E-state index in [9.17, 15) is 14.0 Å². The van der Waals surface area contributed by atoms with E-state index in [0.717, 1.165) is 24.0 Å². The largest absolute Gasteiger partial charge is 0.434 e. The molecule has 8 heteroatoms. The Kier molecular flexibility index (Phi) is 3.67. The molecule has 1 atom stereocenters. The Morgan fingerprint density at radius 2 is 2.20 bits per heavy atom. The fourth-order valence-corrected chi connectivity index (χ4v) is 3.44. The molecule has 130 valence electrons. The first-order valence-corrected chi connectivity index (χ1v) is 8.13. The van der Waals surface area contributed by atoms with Gasteiger partial charge in [0.15, 0.2) is 6.10 Å². The zero-order chi connectivity index (χ0) is 17.6. The number of rotatable bonds is 2. The molecule has 4 rings (SSSR count). The van der Waals surface area contributed by atoms with Gasteiger partial charge >= 0.3 is 6.09 Å². The highest BCUT2D eigenvalue weighted by Crippen LogP contribution is 2.36. The van der Waals surface area contributed by atoms with Gasteiger partial charge in [-0.2, -0.15) is 5.10 Å². The Balaban J connectivity index is 1.72. The number of ether oxygens (including phenoxy) is 1. The van der Waals surface area contributed by atoms with Crippen molar-refractivity contribution in [2.75, 3.05) is 18.5 Å². The van der Waals surface area contributed by atoms with E-state index in [1.54, 1.807) is 12.3 Å². The molecule has 0 radical (unpaired) electrons. The molecular weight excluding hydrogens is 327 g/mol. The lowest BCUT2D eigenvalue weighted by Gasteiger charge is -2.16. The Morgan fingerprint density at radius 1 is 1.40 bits per heavy atom. The smallest absolute Gasteiger partial charge is 0.415 e. The van der Waals surface area contributed by atoms with E-state index in [2.05, 4.69) is 15.5 Å². The van der Waals surface area contributed by atoms with Gasteiger partial charge < -0.3 is 10.1 Å². The summed E-state index contributed by atoms with van der Waals surface area (Å²) in [6, 6.07) is 3.10. The molecule has 1 aromatic carbocycles. The summed E-state index contributed by atoms with van der Waals surface area (Å²) < 4.78 is 19.9. The molecular formula is C17H17FN4O3. The third-order valence-electron chi connectivity index (χ3n) is 4.68. The normalized spacial score (nSPS) is 19.0. The van der Waals surface area contributed by atoms with Crippen molar-refractivity contribution in [3.63, 3.8) is 0 Å². The van der Waals surface area contributed by atoms with Gasteiger partial charge in [0.2, 0.25) is 0 Å². The highest BCUT2D eigenvalue weighted by Gasteiger charge is 2.37. The number of hydrogen-bond acceptors (Lipinski definition) is 4. The highest BCUT2D eigenvalue weighted by molar-refractivity contribution is 5.96. The first kappa shape index (κ1) is 15.6. The molecule has 25 heavy (non-hydrogen) atoms. The summed E-state index contributed by atoms with van der Waals surface area (Å²) in [6.07, 6.45) is 2.57. The molecule has 0 bridgehead atoms. The second-order valence-corrected chi connectivity index (χ2v) is 6.18. The van der Waals surface area contributed by atoms with Crippen LogP contribution in [0.15, 0.2) is 18.3 Å². The van der Waals surface area contributed by atoms with E-state index in [1.165, 1.54) is 18.0 Å². The number of aromatic amines is 1. The Morgan fingerprint density at radius 3 is 3.00 bits per heavy atom. The van der Waals surface area contributed by atoms with E-state index < -0.39 is 18.0 Å². The highest BCUT2D eigenvalue weighted by atomic mass is 19.1. The fraction of sp³-hybridized carbons (Fsp3) is 0.353. The van der Waals surface area contributed by atoms with Crippen LogP contribution in [-0.4, -0.2) is 41.9 Å². The number of carbonyl (C=O) groups is 2. The fourth-order valence-electron chi connectivity index (χ4n) is 3.44. The summed E-state index contributed by atoms with van der Waals surface area (Å²) in [5.74, 6) is -0.802. The monoisotopic (exact) mass is 344 g/mol. The van der Waals surface area contributed by atoms with Crippen molar-refractivity contribution in [2.45, 2.75) is 25.4 Å². The van der Waals surface area contributed by atoms with Crippen LogP contribution < -0.4 is 10.2 Å². The number of halogens is 1. The SMILES string of the molecule is CNC(=O)[C@H]1CN(c2cc(F)c3c(c2)CCCc2cn[nH]c2-3)C(=O)O1. The van der Waals surface area contributed by atoms with Crippen molar-refractivity contribution < 1.29 is 18.7 Å². The molecule has 0 unspecified atom stereocenters. The molecule has 0 spiro atoms. The summed E-state index contributed by atoms with van der Waals surface area (Å²) in [6.45, 7) is 0.0615. The molecule has 0 saturated carbocycles. The first-order valence-electron chi connectivity index (χ1n) is 8.13. The van der Waals surface area contributed by atoms with Gasteiger partial charge in [0.05, 0.1) is 24.1 Å². The molecule has 7 nitrogen and oxygen atoms in total. The number of nitrogens with one attached hydrogen (secondary N) is 2. The summed E-state index contributed by atoms with van der Waals surface area (Å²) in [5.41, 5.74) is 3.41. The van der Waals surface area contributed by atoms with Crippen LogP contribution in [0.4, 0.5) is 14.9 Å². The number of likely N-dealkylation sites (N-methyl/N-ethyl adjacent to an activating group) is 1.